The Morgan fingerprint density at radius 1 is 1.13 bits per heavy atom. The molecular formula is C17H25N5O. The van der Waals surface area contributed by atoms with Gasteiger partial charge in [-0.05, 0) is 32.8 Å². The third kappa shape index (κ3) is 3.16. The van der Waals surface area contributed by atoms with Crippen LogP contribution in [-0.2, 0) is 7.05 Å². The molecule has 2 aromatic rings. The van der Waals surface area contributed by atoms with Gasteiger partial charge < -0.3 is 4.90 Å². The number of aryl methyl sites for hydroxylation is 2. The Kier molecular flexibility index (Phi) is 4.50. The Bertz CT molecular complexity index is 692. The van der Waals surface area contributed by atoms with Gasteiger partial charge in [-0.3, -0.25) is 14.6 Å². The lowest BCUT2D eigenvalue weighted by atomic mass is 10.1. The molecule has 1 N–H and O–H groups in total. The van der Waals surface area contributed by atoms with E-state index in [1.807, 2.05) is 36.5 Å². The molecule has 0 spiro atoms. The predicted molar refractivity (Wildman–Crippen MR) is 89.3 cm³/mol. The highest BCUT2D eigenvalue weighted by Crippen LogP contribution is 2.25. The number of aromatic amines is 1. The zero-order valence-corrected chi connectivity index (χ0v) is 14.2. The molecule has 1 aliphatic heterocycles. The van der Waals surface area contributed by atoms with E-state index in [0.717, 1.165) is 48.6 Å². The van der Waals surface area contributed by atoms with Crippen molar-refractivity contribution in [2.45, 2.75) is 46.0 Å². The number of nitrogens with one attached hydrogen (secondary N) is 1. The summed E-state index contributed by atoms with van der Waals surface area (Å²) in [4.78, 5) is 14.7. The van der Waals surface area contributed by atoms with Gasteiger partial charge in [-0.25, -0.2) is 0 Å². The minimum atomic E-state index is 0.0600. The molecule has 3 rings (SSSR count). The maximum Gasteiger partial charge on any atom is 0.271 e. The molecule has 1 amide bonds. The largest absolute Gasteiger partial charge is 0.337 e. The van der Waals surface area contributed by atoms with Gasteiger partial charge in [0.2, 0.25) is 0 Å². The molecule has 1 saturated heterocycles. The molecule has 0 bridgehead atoms. The average molecular weight is 315 g/mol. The van der Waals surface area contributed by atoms with Crippen LogP contribution >= 0.6 is 0 Å². The second-order valence-corrected chi connectivity index (χ2v) is 6.40. The second kappa shape index (κ2) is 6.56. The van der Waals surface area contributed by atoms with Gasteiger partial charge in [0.05, 0.1) is 11.4 Å². The van der Waals surface area contributed by atoms with Crippen LogP contribution in [0.3, 0.4) is 0 Å². The number of likely N-dealkylation sites (tertiary alicyclic amines) is 1. The highest BCUT2D eigenvalue weighted by atomic mass is 16.2. The number of hydrogen-bond donors (Lipinski definition) is 1. The highest BCUT2D eigenvalue weighted by molar-refractivity contribution is 5.93. The first kappa shape index (κ1) is 15.8. The van der Waals surface area contributed by atoms with Crippen molar-refractivity contribution in [1.29, 1.82) is 0 Å². The van der Waals surface area contributed by atoms with E-state index in [9.17, 15) is 4.79 Å². The van der Waals surface area contributed by atoms with Gasteiger partial charge in [-0.15, -0.1) is 0 Å². The Labute approximate surface area is 136 Å². The molecule has 0 radical (unpaired) electrons. The quantitative estimate of drug-likeness (QED) is 0.926. The second-order valence-electron chi connectivity index (χ2n) is 6.40. The van der Waals surface area contributed by atoms with Crippen molar-refractivity contribution >= 4 is 5.91 Å². The van der Waals surface area contributed by atoms with Gasteiger partial charge in [0.25, 0.3) is 5.91 Å². The number of nitrogens with zero attached hydrogens (tertiary/aromatic N) is 4. The van der Waals surface area contributed by atoms with Crippen molar-refractivity contribution in [2.24, 2.45) is 7.05 Å². The van der Waals surface area contributed by atoms with Crippen molar-refractivity contribution in [2.75, 3.05) is 13.1 Å². The van der Waals surface area contributed by atoms with Crippen LogP contribution in [0.15, 0.2) is 6.07 Å². The fraction of sp³-hybridized carbons (Fsp3) is 0.588. The summed E-state index contributed by atoms with van der Waals surface area (Å²) in [6.45, 7) is 5.68. The van der Waals surface area contributed by atoms with Gasteiger partial charge in [-0.1, -0.05) is 19.3 Å². The SMILES string of the molecule is Cc1nn(C)c(C)c1-c1cc(C(=O)N2CCCCCCC2)[nH]n1. The summed E-state index contributed by atoms with van der Waals surface area (Å²) in [5.74, 6) is 0.0600. The molecule has 0 atom stereocenters. The van der Waals surface area contributed by atoms with Crippen molar-refractivity contribution in [1.82, 2.24) is 24.9 Å². The van der Waals surface area contributed by atoms with Gasteiger partial charge >= 0.3 is 0 Å². The Balaban J connectivity index is 1.82. The molecule has 2 aromatic heterocycles. The van der Waals surface area contributed by atoms with Gasteiger partial charge in [0.1, 0.15) is 5.69 Å². The van der Waals surface area contributed by atoms with Crippen molar-refractivity contribution in [3.63, 3.8) is 0 Å². The average Bonchev–Trinajstić information content (AvgIpc) is 3.04. The van der Waals surface area contributed by atoms with Crippen molar-refractivity contribution in [3.05, 3.63) is 23.1 Å². The number of H-pyrrole nitrogens is 1. The molecule has 3 heterocycles. The first-order valence-corrected chi connectivity index (χ1v) is 8.43. The number of hydrogen-bond acceptors (Lipinski definition) is 3. The molecule has 6 heteroatoms. The summed E-state index contributed by atoms with van der Waals surface area (Å²) in [6, 6.07) is 1.86. The molecule has 23 heavy (non-hydrogen) atoms. The Morgan fingerprint density at radius 2 is 1.78 bits per heavy atom. The normalized spacial score (nSPS) is 16.2. The minimum Gasteiger partial charge on any atom is -0.337 e. The summed E-state index contributed by atoms with van der Waals surface area (Å²) < 4.78 is 1.85. The topological polar surface area (TPSA) is 66.8 Å². The van der Waals surface area contributed by atoms with Crippen LogP contribution in [0.5, 0.6) is 0 Å². The molecule has 0 aliphatic carbocycles. The third-order valence-corrected chi connectivity index (χ3v) is 4.72. The lowest BCUT2D eigenvalue weighted by Gasteiger charge is -2.24. The molecule has 1 fully saturated rings. The summed E-state index contributed by atoms with van der Waals surface area (Å²) >= 11 is 0. The van der Waals surface area contributed by atoms with Crippen LogP contribution in [0.1, 0.15) is 54.0 Å². The first-order chi connectivity index (χ1) is 11.1. The Hall–Kier alpha value is -2.11. The molecule has 124 valence electrons. The lowest BCUT2D eigenvalue weighted by molar-refractivity contribution is 0.0736. The smallest absolute Gasteiger partial charge is 0.271 e. The molecule has 6 nitrogen and oxygen atoms in total. The molecule has 0 saturated carbocycles. The molecular weight excluding hydrogens is 290 g/mol. The van der Waals surface area contributed by atoms with Gasteiger partial charge in [0, 0.05) is 31.4 Å². The van der Waals surface area contributed by atoms with E-state index in [1.165, 1.54) is 19.3 Å². The van der Waals surface area contributed by atoms with E-state index in [-0.39, 0.29) is 5.91 Å². The van der Waals surface area contributed by atoms with Crippen molar-refractivity contribution < 1.29 is 4.79 Å². The summed E-state index contributed by atoms with van der Waals surface area (Å²) in [7, 11) is 1.92. The van der Waals surface area contributed by atoms with Crippen molar-refractivity contribution in [3.8, 4) is 11.3 Å². The van der Waals surface area contributed by atoms with Crippen LogP contribution in [0.25, 0.3) is 11.3 Å². The maximum absolute atomic E-state index is 12.7. The predicted octanol–water partition coefficient (Wildman–Crippen LogP) is 2.83. The van der Waals surface area contributed by atoms with E-state index >= 15 is 0 Å². The zero-order chi connectivity index (χ0) is 16.4. The van der Waals surface area contributed by atoms with Gasteiger partial charge in [-0.2, -0.15) is 10.2 Å². The monoisotopic (exact) mass is 315 g/mol. The maximum atomic E-state index is 12.7. The van der Waals surface area contributed by atoms with E-state index in [4.69, 9.17) is 0 Å². The van der Waals surface area contributed by atoms with Gasteiger partial charge in [0.15, 0.2) is 0 Å². The number of rotatable bonds is 2. The molecule has 1 aliphatic rings. The summed E-state index contributed by atoms with van der Waals surface area (Å²) in [6.07, 6.45) is 5.90. The number of carbonyl (C=O) groups excluding carboxylic acids is 1. The van der Waals surface area contributed by atoms with E-state index in [2.05, 4.69) is 15.3 Å². The van der Waals surface area contributed by atoms with Crippen LogP contribution in [0, 0.1) is 13.8 Å². The third-order valence-electron chi connectivity index (χ3n) is 4.72. The van der Waals surface area contributed by atoms with Crippen LogP contribution < -0.4 is 0 Å². The number of carbonyl (C=O) groups is 1. The summed E-state index contributed by atoms with van der Waals surface area (Å²) in [5, 5.41) is 11.7. The first-order valence-electron chi connectivity index (χ1n) is 8.43. The minimum absolute atomic E-state index is 0.0600. The van der Waals surface area contributed by atoms with Crippen LogP contribution in [0.2, 0.25) is 0 Å². The fourth-order valence-corrected chi connectivity index (χ4v) is 3.32. The van der Waals surface area contributed by atoms with E-state index < -0.39 is 0 Å². The summed E-state index contributed by atoms with van der Waals surface area (Å²) in [5.41, 5.74) is 4.36. The molecule has 0 unspecified atom stereocenters. The van der Waals surface area contributed by atoms with E-state index in [0.29, 0.717) is 5.69 Å². The van der Waals surface area contributed by atoms with Crippen LogP contribution in [0.4, 0.5) is 0 Å². The van der Waals surface area contributed by atoms with E-state index in [1.54, 1.807) is 0 Å². The van der Waals surface area contributed by atoms with Crippen LogP contribution in [-0.4, -0.2) is 43.9 Å². The standard InChI is InChI=1S/C17H25N5O/c1-12-16(13(2)21(3)20-12)14-11-15(19-18-14)17(23)22-9-7-5-4-6-8-10-22/h11H,4-10H2,1-3H3,(H,18,19). The lowest BCUT2D eigenvalue weighted by Crippen LogP contribution is -2.34. The Morgan fingerprint density at radius 3 is 2.39 bits per heavy atom. The highest BCUT2D eigenvalue weighted by Gasteiger charge is 2.21. The fourth-order valence-electron chi connectivity index (χ4n) is 3.32. The zero-order valence-electron chi connectivity index (χ0n) is 14.2. The number of amides is 1. The number of aromatic nitrogens is 4. The molecule has 0 aromatic carbocycles.